The lowest BCUT2D eigenvalue weighted by Gasteiger charge is -2.32. The maximum absolute atomic E-state index is 13.8. The van der Waals surface area contributed by atoms with Crippen LogP contribution in [-0.2, 0) is 20.0 Å². The number of rotatable bonds is 6. The van der Waals surface area contributed by atoms with Gasteiger partial charge in [0.25, 0.3) is 10.0 Å². The summed E-state index contributed by atoms with van der Waals surface area (Å²) in [6, 6.07) is 8.71. The van der Waals surface area contributed by atoms with Crippen LogP contribution < -0.4 is 9.46 Å². The van der Waals surface area contributed by atoms with Crippen LogP contribution in [-0.4, -0.2) is 40.8 Å². The highest BCUT2D eigenvalue weighted by Crippen LogP contribution is 2.27. The number of nitrogens with one attached hydrogen (secondary N) is 1. The fourth-order valence-corrected chi connectivity index (χ4v) is 6.06. The minimum absolute atomic E-state index is 0.0644. The van der Waals surface area contributed by atoms with E-state index < -0.39 is 25.9 Å². The molecule has 1 heterocycles. The molecule has 1 aliphatic heterocycles. The average Bonchev–Trinajstić information content (AvgIpc) is 2.68. The van der Waals surface area contributed by atoms with Gasteiger partial charge in [0.05, 0.1) is 16.9 Å². The van der Waals surface area contributed by atoms with Gasteiger partial charge >= 0.3 is 0 Å². The standard InChI is InChI=1S/C19H23FN2O5S2/c1-14-5-3-4-12-22(14)29(25,26)16-8-6-15(7-9-16)21-28(23,24)17-10-11-19(27-2)18(20)13-17/h6-11,13-14,21H,3-5,12H2,1-2H3. The Morgan fingerprint density at radius 3 is 2.28 bits per heavy atom. The second-order valence-corrected chi connectivity index (χ2v) is 10.5. The number of halogens is 1. The maximum atomic E-state index is 13.8. The molecule has 0 bridgehead atoms. The first-order chi connectivity index (χ1) is 13.6. The lowest BCUT2D eigenvalue weighted by molar-refractivity contribution is 0.268. The molecule has 1 unspecified atom stereocenters. The Hall–Kier alpha value is -2.17. The summed E-state index contributed by atoms with van der Waals surface area (Å²) in [5, 5.41) is 0. The molecule has 1 saturated heterocycles. The summed E-state index contributed by atoms with van der Waals surface area (Å²) in [6.45, 7) is 2.36. The van der Waals surface area contributed by atoms with Gasteiger partial charge in [0, 0.05) is 18.3 Å². The van der Waals surface area contributed by atoms with Gasteiger partial charge in [-0.15, -0.1) is 0 Å². The van der Waals surface area contributed by atoms with Gasteiger partial charge in [-0.25, -0.2) is 21.2 Å². The highest BCUT2D eigenvalue weighted by atomic mass is 32.2. The Morgan fingerprint density at radius 2 is 1.69 bits per heavy atom. The zero-order valence-corrected chi connectivity index (χ0v) is 17.8. The summed E-state index contributed by atoms with van der Waals surface area (Å²) in [5.41, 5.74) is 0.173. The van der Waals surface area contributed by atoms with E-state index in [9.17, 15) is 21.2 Å². The van der Waals surface area contributed by atoms with Crippen molar-refractivity contribution in [2.24, 2.45) is 0 Å². The SMILES string of the molecule is COc1ccc(S(=O)(=O)Nc2ccc(S(=O)(=O)N3CCCCC3C)cc2)cc1F. The topological polar surface area (TPSA) is 92.8 Å². The van der Waals surface area contributed by atoms with E-state index in [1.807, 2.05) is 6.92 Å². The molecule has 0 spiro atoms. The van der Waals surface area contributed by atoms with Gasteiger partial charge in [-0.3, -0.25) is 4.72 Å². The first-order valence-corrected chi connectivity index (χ1v) is 12.1. The van der Waals surface area contributed by atoms with E-state index in [2.05, 4.69) is 4.72 Å². The molecular formula is C19H23FN2O5S2. The van der Waals surface area contributed by atoms with Gasteiger partial charge in [-0.2, -0.15) is 4.31 Å². The molecule has 0 aliphatic carbocycles. The number of ether oxygens (including phenoxy) is 1. The Bertz CT molecular complexity index is 1090. The number of methoxy groups -OCH3 is 1. The van der Waals surface area contributed by atoms with Crippen LogP contribution in [0.25, 0.3) is 0 Å². The molecule has 0 amide bonds. The number of benzene rings is 2. The van der Waals surface area contributed by atoms with Crippen LogP contribution in [0, 0.1) is 5.82 Å². The monoisotopic (exact) mass is 442 g/mol. The van der Waals surface area contributed by atoms with Crippen molar-refractivity contribution in [2.75, 3.05) is 18.4 Å². The van der Waals surface area contributed by atoms with Crippen LogP contribution in [0.1, 0.15) is 26.2 Å². The van der Waals surface area contributed by atoms with Crippen molar-refractivity contribution in [3.05, 3.63) is 48.3 Å². The third kappa shape index (κ3) is 4.54. The number of hydrogen-bond donors (Lipinski definition) is 1. The summed E-state index contributed by atoms with van der Waals surface area (Å²) < 4.78 is 73.1. The quantitative estimate of drug-likeness (QED) is 0.742. The fraction of sp³-hybridized carbons (Fsp3) is 0.368. The van der Waals surface area contributed by atoms with Crippen LogP contribution in [0.5, 0.6) is 5.75 Å². The van der Waals surface area contributed by atoms with Crippen LogP contribution in [0.15, 0.2) is 52.3 Å². The molecule has 7 nitrogen and oxygen atoms in total. The summed E-state index contributed by atoms with van der Waals surface area (Å²) in [5.74, 6) is -0.863. The van der Waals surface area contributed by atoms with E-state index in [4.69, 9.17) is 4.74 Å². The fourth-order valence-electron chi connectivity index (χ4n) is 3.29. The van der Waals surface area contributed by atoms with Crippen molar-refractivity contribution in [2.45, 2.75) is 42.0 Å². The van der Waals surface area contributed by atoms with Crippen molar-refractivity contribution in [1.29, 1.82) is 0 Å². The van der Waals surface area contributed by atoms with Gasteiger partial charge in [0.2, 0.25) is 10.0 Å². The zero-order valence-electron chi connectivity index (χ0n) is 16.1. The van der Waals surface area contributed by atoms with Crippen molar-refractivity contribution in [1.82, 2.24) is 4.31 Å². The minimum atomic E-state index is -4.04. The van der Waals surface area contributed by atoms with Gasteiger partial charge in [-0.05, 0) is 62.2 Å². The van der Waals surface area contributed by atoms with E-state index in [-0.39, 0.29) is 27.3 Å². The number of nitrogens with zero attached hydrogens (tertiary/aromatic N) is 1. The molecule has 1 aliphatic rings. The van der Waals surface area contributed by atoms with E-state index >= 15 is 0 Å². The zero-order chi connectivity index (χ0) is 21.2. The second kappa shape index (κ2) is 8.29. The van der Waals surface area contributed by atoms with Crippen LogP contribution in [0.4, 0.5) is 10.1 Å². The Morgan fingerprint density at radius 1 is 1.03 bits per heavy atom. The summed E-state index contributed by atoms with van der Waals surface area (Å²) >= 11 is 0. The Balaban J connectivity index is 1.80. The van der Waals surface area contributed by atoms with E-state index in [1.54, 1.807) is 0 Å². The van der Waals surface area contributed by atoms with Crippen LogP contribution in [0.3, 0.4) is 0 Å². The van der Waals surface area contributed by atoms with Crippen molar-refractivity contribution < 1.29 is 26.0 Å². The Kier molecular flexibility index (Phi) is 6.16. The largest absolute Gasteiger partial charge is 0.494 e. The molecule has 29 heavy (non-hydrogen) atoms. The molecule has 0 saturated carbocycles. The summed E-state index contributed by atoms with van der Waals surface area (Å²) in [4.78, 5) is -0.167. The second-order valence-electron chi connectivity index (χ2n) is 6.89. The molecule has 2 aromatic carbocycles. The van der Waals surface area contributed by atoms with Crippen LogP contribution >= 0.6 is 0 Å². The normalized spacial score (nSPS) is 18.4. The molecule has 1 fully saturated rings. The van der Waals surface area contributed by atoms with Crippen LogP contribution in [0.2, 0.25) is 0 Å². The number of sulfonamides is 2. The van der Waals surface area contributed by atoms with Gasteiger partial charge < -0.3 is 4.74 Å². The molecule has 0 radical (unpaired) electrons. The third-order valence-corrected chi connectivity index (χ3v) is 8.30. The van der Waals surface area contributed by atoms with Crippen molar-refractivity contribution in [3.63, 3.8) is 0 Å². The first-order valence-electron chi connectivity index (χ1n) is 9.13. The van der Waals surface area contributed by atoms with Crippen molar-refractivity contribution in [3.8, 4) is 5.75 Å². The van der Waals surface area contributed by atoms with Crippen molar-refractivity contribution >= 4 is 25.7 Å². The van der Waals surface area contributed by atoms with Gasteiger partial charge in [0.15, 0.2) is 11.6 Å². The molecule has 158 valence electrons. The molecule has 0 aromatic heterocycles. The highest BCUT2D eigenvalue weighted by Gasteiger charge is 2.30. The van der Waals surface area contributed by atoms with E-state index in [0.717, 1.165) is 25.3 Å². The van der Waals surface area contributed by atoms with Gasteiger partial charge in [-0.1, -0.05) is 6.42 Å². The summed E-state index contributed by atoms with van der Waals surface area (Å²) in [7, 11) is -6.41. The van der Waals surface area contributed by atoms with E-state index in [1.165, 1.54) is 47.8 Å². The molecule has 1 N–H and O–H groups in total. The third-order valence-electron chi connectivity index (χ3n) is 4.89. The lowest BCUT2D eigenvalue weighted by Crippen LogP contribution is -2.41. The molecule has 10 heteroatoms. The summed E-state index contributed by atoms with van der Waals surface area (Å²) in [6.07, 6.45) is 2.63. The lowest BCUT2D eigenvalue weighted by atomic mass is 10.1. The average molecular weight is 443 g/mol. The highest BCUT2D eigenvalue weighted by molar-refractivity contribution is 7.92. The first kappa shape index (κ1) is 21.5. The minimum Gasteiger partial charge on any atom is -0.494 e. The predicted octanol–water partition coefficient (Wildman–Crippen LogP) is 3.20. The number of hydrogen-bond acceptors (Lipinski definition) is 5. The van der Waals surface area contributed by atoms with E-state index in [0.29, 0.717) is 6.54 Å². The molecule has 1 atom stereocenters. The number of piperidine rings is 1. The van der Waals surface area contributed by atoms with Gasteiger partial charge in [0.1, 0.15) is 0 Å². The smallest absolute Gasteiger partial charge is 0.262 e. The number of anilines is 1. The molecular weight excluding hydrogens is 419 g/mol. The molecule has 2 aromatic rings. The molecule has 3 rings (SSSR count). The maximum Gasteiger partial charge on any atom is 0.262 e. The Labute approximate surface area is 170 Å². The predicted molar refractivity (Wildman–Crippen MR) is 107 cm³/mol.